The summed E-state index contributed by atoms with van der Waals surface area (Å²) in [6, 6.07) is 8.62. The maximum atomic E-state index is 12.4. The Balaban J connectivity index is 2.65. The molecular formula is C14H14O4S. The molecule has 0 saturated heterocycles. The van der Waals surface area contributed by atoms with Crippen molar-refractivity contribution in [1.29, 1.82) is 0 Å². The second-order valence-corrected chi connectivity index (χ2v) is 6.29. The van der Waals surface area contributed by atoms with E-state index in [0.717, 1.165) is 11.1 Å². The van der Waals surface area contributed by atoms with Gasteiger partial charge in [-0.1, -0.05) is 12.1 Å². The van der Waals surface area contributed by atoms with Crippen LogP contribution in [0.25, 0.3) is 0 Å². The summed E-state index contributed by atoms with van der Waals surface area (Å²) in [5.74, 6) is -1.08. The van der Waals surface area contributed by atoms with Gasteiger partial charge in [-0.3, -0.25) is 0 Å². The average Bonchev–Trinajstić information content (AvgIpc) is 2.35. The van der Waals surface area contributed by atoms with Gasteiger partial charge in [-0.25, -0.2) is 8.42 Å². The lowest BCUT2D eigenvalue weighted by Crippen LogP contribution is -2.03. The van der Waals surface area contributed by atoms with Crippen molar-refractivity contribution in [2.75, 3.05) is 0 Å². The molecule has 19 heavy (non-hydrogen) atoms. The first-order chi connectivity index (χ1) is 8.84. The van der Waals surface area contributed by atoms with E-state index < -0.39 is 21.3 Å². The highest BCUT2D eigenvalue weighted by Gasteiger charge is 2.23. The summed E-state index contributed by atoms with van der Waals surface area (Å²) in [5.41, 5.74) is 1.83. The number of sulfone groups is 1. The molecule has 0 amide bonds. The van der Waals surface area contributed by atoms with Gasteiger partial charge in [0.2, 0.25) is 9.84 Å². The average molecular weight is 278 g/mol. The van der Waals surface area contributed by atoms with E-state index in [0.29, 0.717) is 0 Å². The van der Waals surface area contributed by atoms with Gasteiger partial charge in [-0.15, -0.1) is 0 Å². The van der Waals surface area contributed by atoms with Crippen LogP contribution in [-0.2, 0) is 9.84 Å². The van der Waals surface area contributed by atoms with E-state index in [4.69, 9.17) is 0 Å². The van der Waals surface area contributed by atoms with Gasteiger partial charge in [0.25, 0.3) is 0 Å². The van der Waals surface area contributed by atoms with Crippen LogP contribution in [0.1, 0.15) is 11.1 Å². The molecule has 0 aromatic heterocycles. The predicted molar refractivity (Wildman–Crippen MR) is 71.1 cm³/mol. The fourth-order valence-corrected chi connectivity index (χ4v) is 3.19. The van der Waals surface area contributed by atoms with Crippen LogP contribution in [0.2, 0.25) is 0 Å². The molecule has 0 unspecified atom stereocenters. The van der Waals surface area contributed by atoms with Crippen molar-refractivity contribution in [3.05, 3.63) is 47.5 Å². The largest absolute Gasteiger partial charge is 0.504 e. The second-order valence-electron chi connectivity index (χ2n) is 4.37. The smallest absolute Gasteiger partial charge is 0.210 e. The monoisotopic (exact) mass is 278 g/mol. The summed E-state index contributed by atoms with van der Waals surface area (Å²) in [6.45, 7) is 3.70. The molecule has 2 aromatic carbocycles. The second kappa shape index (κ2) is 4.59. The molecule has 0 radical (unpaired) electrons. The molecule has 0 aliphatic rings. The molecule has 0 atom stereocenters. The van der Waals surface area contributed by atoms with Crippen molar-refractivity contribution < 1.29 is 18.6 Å². The first-order valence-electron chi connectivity index (χ1n) is 5.67. The topological polar surface area (TPSA) is 74.6 Å². The maximum Gasteiger partial charge on any atom is 0.210 e. The van der Waals surface area contributed by atoms with Crippen LogP contribution in [0.3, 0.4) is 0 Å². The van der Waals surface area contributed by atoms with E-state index in [9.17, 15) is 18.6 Å². The molecule has 5 heteroatoms. The molecule has 2 aromatic rings. The van der Waals surface area contributed by atoms with Crippen LogP contribution in [-0.4, -0.2) is 18.6 Å². The Labute approximate surface area is 111 Å². The van der Waals surface area contributed by atoms with Gasteiger partial charge in [0.15, 0.2) is 11.5 Å². The third-order valence-corrected chi connectivity index (χ3v) is 4.84. The maximum absolute atomic E-state index is 12.4. The van der Waals surface area contributed by atoms with Crippen LogP contribution in [0.4, 0.5) is 0 Å². The van der Waals surface area contributed by atoms with Crippen molar-refractivity contribution in [3.8, 4) is 11.5 Å². The van der Waals surface area contributed by atoms with Gasteiger partial charge in [0.05, 0.1) is 4.90 Å². The lowest BCUT2D eigenvalue weighted by molar-refractivity contribution is 0.393. The Morgan fingerprint density at radius 1 is 0.947 bits per heavy atom. The van der Waals surface area contributed by atoms with Crippen molar-refractivity contribution >= 4 is 9.84 Å². The highest BCUT2D eigenvalue weighted by atomic mass is 32.2. The molecule has 2 rings (SSSR count). The third kappa shape index (κ3) is 2.29. The molecular weight excluding hydrogens is 264 g/mol. The minimum atomic E-state index is -3.84. The number of hydrogen-bond acceptors (Lipinski definition) is 4. The van der Waals surface area contributed by atoms with E-state index in [1.165, 1.54) is 24.3 Å². The lowest BCUT2D eigenvalue weighted by Gasteiger charge is -2.09. The van der Waals surface area contributed by atoms with Crippen LogP contribution in [0.5, 0.6) is 11.5 Å². The molecule has 0 aliphatic heterocycles. The number of para-hydroxylation sites is 1. The molecule has 0 aliphatic carbocycles. The van der Waals surface area contributed by atoms with Gasteiger partial charge in [0, 0.05) is 0 Å². The Hall–Kier alpha value is -2.01. The first-order valence-corrected chi connectivity index (χ1v) is 7.15. The van der Waals surface area contributed by atoms with Crippen LogP contribution < -0.4 is 0 Å². The van der Waals surface area contributed by atoms with Gasteiger partial charge in [0.1, 0.15) is 4.90 Å². The summed E-state index contributed by atoms with van der Waals surface area (Å²) in [5, 5.41) is 19.1. The van der Waals surface area contributed by atoms with Crippen LogP contribution >= 0.6 is 0 Å². The van der Waals surface area contributed by atoms with Crippen LogP contribution in [0.15, 0.2) is 46.2 Å². The summed E-state index contributed by atoms with van der Waals surface area (Å²) in [6.07, 6.45) is 0. The molecule has 0 spiro atoms. The summed E-state index contributed by atoms with van der Waals surface area (Å²) >= 11 is 0. The van der Waals surface area contributed by atoms with E-state index in [-0.39, 0.29) is 9.79 Å². The van der Waals surface area contributed by atoms with Crippen molar-refractivity contribution in [2.24, 2.45) is 0 Å². The van der Waals surface area contributed by atoms with E-state index in [1.54, 1.807) is 12.1 Å². The molecule has 100 valence electrons. The fraction of sp³-hybridized carbons (Fsp3) is 0.143. The summed E-state index contributed by atoms with van der Waals surface area (Å²) in [7, 11) is -3.84. The van der Waals surface area contributed by atoms with E-state index >= 15 is 0 Å². The number of benzene rings is 2. The van der Waals surface area contributed by atoms with Gasteiger partial charge in [-0.2, -0.15) is 0 Å². The van der Waals surface area contributed by atoms with Gasteiger partial charge in [-0.05, 0) is 49.2 Å². The van der Waals surface area contributed by atoms with Crippen molar-refractivity contribution in [2.45, 2.75) is 23.6 Å². The summed E-state index contributed by atoms with van der Waals surface area (Å²) in [4.78, 5) is -0.202. The van der Waals surface area contributed by atoms with Gasteiger partial charge >= 0.3 is 0 Å². The van der Waals surface area contributed by atoms with Crippen molar-refractivity contribution in [1.82, 2.24) is 0 Å². The zero-order chi connectivity index (χ0) is 14.2. The normalized spacial score (nSPS) is 11.5. The Bertz CT molecular complexity index is 733. The molecule has 2 N–H and O–H groups in total. The Morgan fingerprint density at radius 3 is 2.26 bits per heavy atom. The molecule has 0 saturated carbocycles. The van der Waals surface area contributed by atoms with E-state index in [1.807, 2.05) is 13.8 Å². The minimum absolute atomic E-state index is 0.0940. The Kier molecular flexibility index (Phi) is 3.24. The minimum Gasteiger partial charge on any atom is -0.504 e. The fourth-order valence-electron chi connectivity index (χ4n) is 1.74. The molecule has 0 heterocycles. The highest BCUT2D eigenvalue weighted by molar-refractivity contribution is 7.91. The van der Waals surface area contributed by atoms with Gasteiger partial charge < -0.3 is 10.2 Å². The lowest BCUT2D eigenvalue weighted by atomic mass is 10.1. The zero-order valence-corrected chi connectivity index (χ0v) is 11.4. The SMILES string of the molecule is Cc1ccc(S(=O)(=O)c2cccc(O)c2O)cc1C. The van der Waals surface area contributed by atoms with Crippen molar-refractivity contribution in [3.63, 3.8) is 0 Å². The van der Waals surface area contributed by atoms with Crippen LogP contribution in [0, 0.1) is 13.8 Å². The Morgan fingerprint density at radius 2 is 1.63 bits per heavy atom. The first kappa shape index (κ1) is 13.4. The number of hydrogen-bond donors (Lipinski definition) is 2. The standard InChI is InChI=1S/C14H14O4S/c1-9-6-7-11(8-10(9)2)19(17,18)13-5-3-4-12(15)14(13)16/h3-8,15-16H,1-2H3. The number of rotatable bonds is 2. The quantitative estimate of drug-likeness (QED) is 0.828. The number of aromatic hydroxyl groups is 2. The predicted octanol–water partition coefficient (Wildman–Crippen LogP) is 2.55. The number of phenolic OH excluding ortho intramolecular Hbond substituents is 2. The number of aryl methyl sites for hydroxylation is 2. The zero-order valence-electron chi connectivity index (χ0n) is 10.6. The highest BCUT2D eigenvalue weighted by Crippen LogP contribution is 2.35. The van der Waals surface area contributed by atoms with E-state index in [2.05, 4.69) is 0 Å². The third-order valence-electron chi connectivity index (χ3n) is 3.06. The molecule has 0 bridgehead atoms. The number of phenols is 2. The molecule has 4 nitrogen and oxygen atoms in total. The molecule has 0 fully saturated rings. The summed E-state index contributed by atoms with van der Waals surface area (Å²) < 4.78 is 24.8.